The van der Waals surface area contributed by atoms with Crippen molar-refractivity contribution in [3.63, 3.8) is 0 Å². The van der Waals surface area contributed by atoms with Crippen molar-refractivity contribution in [1.29, 1.82) is 0 Å². The highest BCUT2D eigenvalue weighted by molar-refractivity contribution is 5.98. The summed E-state index contributed by atoms with van der Waals surface area (Å²) in [5.41, 5.74) is 3.99. The summed E-state index contributed by atoms with van der Waals surface area (Å²) in [6, 6.07) is 31.9. The highest BCUT2D eigenvalue weighted by Gasteiger charge is 2.10. The third-order valence-electron chi connectivity index (χ3n) is 9.43. The number of carbonyl (C=O) groups is 10. The van der Waals surface area contributed by atoms with Gasteiger partial charge >= 0.3 is 36.5 Å². The largest absolute Gasteiger partial charge is 0.453 e. The van der Waals surface area contributed by atoms with Gasteiger partial charge in [-0.2, -0.15) is 0 Å². The summed E-state index contributed by atoms with van der Waals surface area (Å²) in [5.74, 6) is 0.541. The third kappa shape index (κ3) is 43.8. The van der Waals surface area contributed by atoms with Crippen molar-refractivity contribution in [3.8, 4) is 17.2 Å². The molecule has 0 atom stereocenters. The maximum Gasteiger partial charge on any atom is 0.412 e. The molecule has 91 heavy (non-hydrogen) atoms. The molecule has 0 aromatic heterocycles. The molecule has 0 aliphatic rings. The number of urea groups is 1. The van der Waals surface area contributed by atoms with Crippen molar-refractivity contribution in [3.05, 3.63) is 144 Å². The van der Waals surface area contributed by atoms with Crippen LogP contribution in [0.5, 0.6) is 17.2 Å². The number of benzene rings is 5. The van der Waals surface area contributed by atoms with E-state index in [4.69, 9.17) is 18.9 Å². The third-order valence-corrected chi connectivity index (χ3v) is 9.43. The van der Waals surface area contributed by atoms with Crippen LogP contribution in [0.25, 0.3) is 0 Å². The minimum Gasteiger partial charge on any atom is -0.453 e. The van der Waals surface area contributed by atoms with E-state index in [9.17, 15) is 47.9 Å². The molecule has 0 spiro atoms. The average Bonchev–Trinajstić information content (AvgIpc) is 2.63. The molecule has 5 aromatic rings. The number of ether oxygens (including phenoxy) is 5. The summed E-state index contributed by atoms with van der Waals surface area (Å²) in [4.78, 5) is 111. The number of hydrogen-bond donors (Lipinski definition) is 11. The standard InChI is InChI=1S/C11H15N3O2.2C11H14N2O4.C11H14N2O3.C11H14N2O2.10CH4/c1-3-13-11(16)14-9-6-4-8(5-7-9)10(15)12-2;1-3-17-11(15)13-9-6-4-8(5-7-9)12-10(14)16-2;1-3-13-11(15)17-9-6-4-8(5-7-9)16-10(14)12-2;1-3-13-11(15)16-9-6-4-8(5-7-9)10(14)12-2;1-3-13-11(15)9-6-4-8(5-7-9)10(14)12-2;;;;;;;;;;/h4-7H,3H2,1-2H3,(H,12,15)(H2,13,14,16);2*4-7H,3H2,1-2H3,(H,12,14)(H,13,15);4-7H,3H2,1-2H3,(H,12,14)(H,13,15);4-7H,3H2,1-2H3,(H,12,14)(H,13,15);10*1H4. The summed E-state index contributed by atoms with van der Waals surface area (Å²) in [6.07, 6.45) is -2.64. The number of rotatable bonds is 15. The van der Waals surface area contributed by atoms with Gasteiger partial charge in [-0.3, -0.25) is 29.8 Å². The number of carbonyl (C=O) groups excluding carboxylic acids is 10. The van der Waals surface area contributed by atoms with Crippen molar-refractivity contribution in [2.75, 3.05) is 84.0 Å². The Kier molecular flexibility index (Phi) is 67.5. The van der Waals surface area contributed by atoms with Crippen molar-refractivity contribution in [1.82, 2.24) is 42.5 Å². The summed E-state index contributed by atoms with van der Waals surface area (Å²) >= 11 is 0. The van der Waals surface area contributed by atoms with Crippen LogP contribution in [0.4, 0.5) is 45.8 Å². The highest BCUT2D eigenvalue weighted by Crippen LogP contribution is 2.18. The molecule has 26 heteroatoms. The van der Waals surface area contributed by atoms with E-state index in [2.05, 4.69) is 63.2 Å². The molecule has 0 radical (unpaired) electrons. The van der Waals surface area contributed by atoms with Gasteiger partial charge in [0.2, 0.25) is 0 Å². The van der Waals surface area contributed by atoms with E-state index in [0.29, 0.717) is 89.4 Å². The topological polar surface area (TPSA) is 349 Å². The Balaban J connectivity index is -0.000000110. The molecule has 0 unspecified atom stereocenters. The second-order valence-electron chi connectivity index (χ2n) is 15.3. The van der Waals surface area contributed by atoms with Crippen LogP contribution in [0.15, 0.2) is 121 Å². The fourth-order valence-electron chi connectivity index (χ4n) is 5.58. The van der Waals surface area contributed by atoms with Crippen molar-refractivity contribution in [2.24, 2.45) is 0 Å². The summed E-state index contributed by atoms with van der Waals surface area (Å²) < 4.78 is 23.9. The second-order valence-corrected chi connectivity index (χ2v) is 15.3. The van der Waals surface area contributed by atoms with E-state index in [1.165, 1.54) is 38.4 Å². The van der Waals surface area contributed by atoms with Crippen LogP contribution < -0.4 is 72.7 Å². The smallest absolute Gasteiger partial charge is 0.412 e. The summed E-state index contributed by atoms with van der Waals surface area (Å²) in [6.45, 7) is 11.5. The zero-order valence-corrected chi connectivity index (χ0v) is 46.7. The molecule has 0 bridgehead atoms. The SMILES string of the molecule is C.C.C.C.C.C.C.C.C.C.CCNC(=O)Nc1ccc(C(=O)NC)cc1.CCNC(=O)Oc1ccc(C(=O)NC)cc1.CCNC(=O)Oc1ccc(OC(=O)NC)cc1.CCNC(=O)c1ccc(C(=O)NC)cc1.CCOC(=O)Nc1ccc(NC(=O)OC)cc1. The van der Waals surface area contributed by atoms with Gasteiger partial charge < -0.3 is 71.5 Å². The van der Waals surface area contributed by atoms with Crippen molar-refractivity contribution < 1.29 is 71.6 Å². The Morgan fingerprint density at radius 2 is 0.582 bits per heavy atom. The first-order valence-corrected chi connectivity index (χ1v) is 24.9. The van der Waals surface area contributed by atoms with Gasteiger partial charge in [-0.05, 0) is 156 Å². The maximum absolute atomic E-state index is 11.4. The molecule has 516 valence electrons. The molecule has 0 saturated heterocycles. The maximum atomic E-state index is 11.4. The van der Waals surface area contributed by atoms with Gasteiger partial charge in [0.25, 0.3) is 23.6 Å². The van der Waals surface area contributed by atoms with E-state index in [1.807, 2.05) is 13.8 Å². The monoisotopic (exact) mass is 1290 g/mol. The van der Waals surface area contributed by atoms with Gasteiger partial charge in [-0.15, -0.1) is 0 Å². The molecule has 0 fully saturated rings. The van der Waals surface area contributed by atoms with E-state index >= 15 is 0 Å². The molecule has 26 nitrogen and oxygen atoms in total. The van der Waals surface area contributed by atoms with Gasteiger partial charge in [0, 0.05) is 93.7 Å². The van der Waals surface area contributed by atoms with Crippen LogP contribution in [0.1, 0.15) is 150 Å². The number of amides is 11. The van der Waals surface area contributed by atoms with E-state index in [1.54, 1.807) is 139 Å². The first-order valence-electron chi connectivity index (χ1n) is 24.9. The van der Waals surface area contributed by atoms with Gasteiger partial charge in [0.05, 0.1) is 13.7 Å². The zero-order chi connectivity index (χ0) is 60.5. The molecule has 0 saturated carbocycles. The lowest BCUT2D eigenvalue weighted by Gasteiger charge is -2.07. The van der Waals surface area contributed by atoms with E-state index < -0.39 is 30.5 Å². The lowest BCUT2D eigenvalue weighted by atomic mass is 10.1. The molecule has 11 N–H and O–H groups in total. The van der Waals surface area contributed by atoms with Gasteiger partial charge in [-0.1, -0.05) is 74.3 Å². The minimum atomic E-state index is -0.553. The zero-order valence-electron chi connectivity index (χ0n) is 46.7. The van der Waals surface area contributed by atoms with E-state index in [0.717, 1.165) is 0 Å². The van der Waals surface area contributed by atoms with Crippen LogP contribution in [-0.2, 0) is 9.47 Å². The molecule has 5 rings (SSSR count). The first-order chi connectivity index (χ1) is 38.8. The summed E-state index contributed by atoms with van der Waals surface area (Å²) in [7, 11) is 7.45. The number of nitrogens with one attached hydrogen (secondary N) is 11. The van der Waals surface area contributed by atoms with Gasteiger partial charge in [-0.25, -0.2) is 28.8 Å². The molecular formula is C65H111N11O15. The predicted molar refractivity (Wildman–Crippen MR) is 372 cm³/mol. The lowest BCUT2D eigenvalue weighted by Crippen LogP contribution is -2.28. The van der Waals surface area contributed by atoms with Crippen LogP contribution >= 0.6 is 0 Å². The van der Waals surface area contributed by atoms with E-state index in [-0.39, 0.29) is 104 Å². The quantitative estimate of drug-likeness (QED) is 0.0464. The van der Waals surface area contributed by atoms with Gasteiger partial charge in [0.15, 0.2) is 0 Å². The second kappa shape index (κ2) is 59.9. The fraction of sp³-hybridized carbons (Fsp3) is 0.385. The van der Waals surface area contributed by atoms with Crippen LogP contribution in [0, 0.1) is 0 Å². The fourth-order valence-corrected chi connectivity index (χ4v) is 5.58. The molecule has 0 aliphatic heterocycles. The van der Waals surface area contributed by atoms with Crippen LogP contribution in [0.2, 0.25) is 0 Å². The Hall–Kier alpha value is -10.4. The number of methoxy groups -OCH3 is 1. The van der Waals surface area contributed by atoms with Crippen LogP contribution in [-0.4, -0.2) is 128 Å². The first kappa shape index (κ1) is 102. The summed E-state index contributed by atoms with van der Waals surface area (Å²) in [5, 5.41) is 27.8. The normalized spacial score (nSPS) is 8.33. The number of anilines is 3. The predicted octanol–water partition coefficient (Wildman–Crippen LogP) is 13.4. The average molecular weight is 1290 g/mol. The lowest BCUT2D eigenvalue weighted by molar-refractivity contribution is 0.0946. The minimum absolute atomic E-state index is 0. The number of hydrogen-bond acceptors (Lipinski definition) is 15. The molecular weight excluding hydrogens is 1170 g/mol. The molecule has 5 aromatic carbocycles. The Labute approximate surface area is 543 Å². The molecule has 11 amide bonds. The molecule has 0 heterocycles. The van der Waals surface area contributed by atoms with Crippen LogP contribution in [0.3, 0.4) is 0 Å². The molecule has 0 aliphatic carbocycles. The highest BCUT2D eigenvalue weighted by atomic mass is 16.6. The Morgan fingerprint density at radius 1 is 0.308 bits per heavy atom. The van der Waals surface area contributed by atoms with Gasteiger partial charge in [0.1, 0.15) is 17.2 Å². The Morgan fingerprint density at radius 3 is 0.890 bits per heavy atom. The van der Waals surface area contributed by atoms with Crippen molar-refractivity contribution >= 4 is 77.2 Å². The van der Waals surface area contributed by atoms with Crippen molar-refractivity contribution in [2.45, 2.75) is 109 Å². The Bertz CT molecular complexity index is 2620.